The van der Waals surface area contributed by atoms with Crippen molar-refractivity contribution >= 4 is 0 Å². The predicted molar refractivity (Wildman–Crippen MR) is 169 cm³/mol. The number of unbranched alkanes of at least 4 members (excludes halogenated alkanes) is 5. The highest BCUT2D eigenvalue weighted by Crippen LogP contribution is 2.04. The predicted octanol–water partition coefficient (Wildman–Crippen LogP) is 3.52. The first-order valence-corrected chi connectivity index (χ1v) is 16.9. The molecule has 0 saturated heterocycles. The van der Waals surface area contributed by atoms with E-state index >= 15 is 0 Å². The number of ether oxygens (including phenoxy) is 12. The van der Waals surface area contributed by atoms with E-state index in [0.717, 1.165) is 13.0 Å². The molecule has 0 amide bonds. The second kappa shape index (κ2) is 43.5. The zero-order valence-electron chi connectivity index (χ0n) is 28.2. The third-order valence-electron chi connectivity index (χ3n) is 5.96. The molecule has 0 N–H and O–H groups in total. The molecule has 45 heavy (non-hydrogen) atoms. The van der Waals surface area contributed by atoms with E-state index in [-0.39, 0.29) is 6.61 Å². The van der Waals surface area contributed by atoms with Gasteiger partial charge in [0.15, 0.2) is 0 Å². The summed E-state index contributed by atoms with van der Waals surface area (Å²) in [6.45, 7) is 14.0. The Bertz CT molecular complexity index is 469. The third kappa shape index (κ3) is 43.5. The van der Waals surface area contributed by atoms with Gasteiger partial charge < -0.3 is 56.8 Å². The topological polar surface area (TPSA) is 111 Å². The standard InChI is InChI=1S/C32H65FO12/c1-2-3-4-5-6-7-9-34-11-13-36-15-17-38-19-21-40-23-25-42-27-29-44-31-32-45-30-28-43-26-24-41-22-20-39-18-16-37-14-12-35-10-8-33/h2-32H2,1H3. The van der Waals surface area contributed by atoms with E-state index in [1.165, 1.54) is 32.1 Å². The lowest BCUT2D eigenvalue weighted by atomic mass is 10.1. The highest BCUT2D eigenvalue weighted by atomic mass is 19.1. The molecule has 272 valence electrons. The summed E-state index contributed by atoms with van der Waals surface area (Å²) in [4.78, 5) is 0. The lowest BCUT2D eigenvalue weighted by molar-refractivity contribution is -0.0284. The summed E-state index contributed by atoms with van der Waals surface area (Å²) in [6.07, 6.45) is 7.67. The summed E-state index contributed by atoms with van der Waals surface area (Å²) in [6, 6.07) is 0. The molecule has 0 heterocycles. The van der Waals surface area contributed by atoms with Gasteiger partial charge in [0.25, 0.3) is 0 Å². The highest BCUT2D eigenvalue weighted by Gasteiger charge is 1.97. The first-order chi connectivity index (χ1) is 22.4. The van der Waals surface area contributed by atoms with E-state index in [1.54, 1.807) is 0 Å². The molecule has 0 spiro atoms. The Hall–Kier alpha value is -0.550. The number of alkyl halides is 1. The van der Waals surface area contributed by atoms with Crippen LogP contribution in [0.15, 0.2) is 0 Å². The molecule has 0 aromatic rings. The van der Waals surface area contributed by atoms with Gasteiger partial charge in [-0.3, -0.25) is 0 Å². The molecule has 12 nitrogen and oxygen atoms in total. The van der Waals surface area contributed by atoms with Crippen molar-refractivity contribution in [3.63, 3.8) is 0 Å². The van der Waals surface area contributed by atoms with Crippen LogP contribution in [0.1, 0.15) is 45.4 Å². The first-order valence-electron chi connectivity index (χ1n) is 16.9. The van der Waals surface area contributed by atoms with E-state index in [9.17, 15) is 4.39 Å². The van der Waals surface area contributed by atoms with Crippen LogP contribution in [-0.4, -0.2) is 165 Å². The fourth-order valence-corrected chi connectivity index (χ4v) is 3.56. The van der Waals surface area contributed by atoms with Crippen LogP contribution in [0.4, 0.5) is 4.39 Å². The minimum atomic E-state index is -0.473. The Kier molecular flexibility index (Phi) is 42.9. The Balaban J connectivity index is 3.03. The van der Waals surface area contributed by atoms with Gasteiger partial charge in [-0.15, -0.1) is 0 Å². The summed E-state index contributed by atoms with van der Waals surface area (Å²) in [5, 5.41) is 0. The van der Waals surface area contributed by atoms with E-state index in [4.69, 9.17) is 56.8 Å². The molecule has 0 aliphatic heterocycles. The fourth-order valence-electron chi connectivity index (χ4n) is 3.56. The van der Waals surface area contributed by atoms with E-state index in [1.807, 2.05) is 0 Å². The van der Waals surface area contributed by atoms with Crippen LogP contribution in [0.25, 0.3) is 0 Å². The molecule has 0 atom stereocenters. The van der Waals surface area contributed by atoms with Crippen LogP contribution in [0.2, 0.25) is 0 Å². The third-order valence-corrected chi connectivity index (χ3v) is 5.96. The van der Waals surface area contributed by atoms with Crippen LogP contribution in [-0.2, 0) is 56.8 Å². The van der Waals surface area contributed by atoms with Gasteiger partial charge in [0.05, 0.1) is 152 Å². The maximum atomic E-state index is 11.8. The minimum Gasteiger partial charge on any atom is -0.379 e. The van der Waals surface area contributed by atoms with Gasteiger partial charge in [-0.25, -0.2) is 4.39 Å². The van der Waals surface area contributed by atoms with Gasteiger partial charge in [-0.2, -0.15) is 0 Å². The highest BCUT2D eigenvalue weighted by molar-refractivity contribution is 4.44. The van der Waals surface area contributed by atoms with Crippen molar-refractivity contribution in [2.75, 3.05) is 165 Å². The average Bonchev–Trinajstić information content (AvgIpc) is 3.05. The van der Waals surface area contributed by atoms with Crippen LogP contribution in [0.3, 0.4) is 0 Å². The van der Waals surface area contributed by atoms with Crippen molar-refractivity contribution in [1.29, 1.82) is 0 Å². The number of hydrogen-bond acceptors (Lipinski definition) is 12. The molecule has 0 unspecified atom stereocenters. The molecule has 0 fully saturated rings. The second-order valence-corrected chi connectivity index (χ2v) is 9.81. The number of hydrogen-bond donors (Lipinski definition) is 0. The quantitative estimate of drug-likeness (QED) is 0.0894. The zero-order valence-corrected chi connectivity index (χ0v) is 28.2. The van der Waals surface area contributed by atoms with Gasteiger partial charge in [-0.1, -0.05) is 39.0 Å². The lowest BCUT2D eigenvalue weighted by Crippen LogP contribution is -2.15. The minimum absolute atomic E-state index is 0.115. The zero-order chi connectivity index (χ0) is 32.4. The number of rotatable bonds is 42. The Morgan fingerprint density at radius 3 is 0.689 bits per heavy atom. The number of halogens is 1. The summed E-state index contributed by atoms with van der Waals surface area (Å²) < 4.78 is 76.8. The van der Waals surface area contributed by atoms with Crippen molar-refractivity contribution < 1.29 is 61.2 Å². The average molecular weight is 661 g/mol. The molecule has 0 saturated carbocycles. The van der Waals surface area contributed by atoms with Crippen LogP contribution >= 0.6 is 0 Å². The molecule has 0 radical (unpaired) electrons. The summed E-state index contributed by atoms with van der Waals surface area (Å²) >= 11 is 0. The lowest BCUT2D eigenvalue weighted by Gasteiger charge is -2.09. The largest absolute Gasteiger partial charge is 0.379 e. The first kappa shape index (κ1) is 44.5. The smallest absolute Gasteiger partial charge is 0.113 e. The molecular formula is C32H65FO12. The van der Waals surface area contributed by atoms with Crippen molar-refractivity contribution in [3.8, 4) is 0 Å². The molecule has 0 bridgehead atoms. The second-order valence-electron chi connectivity index (χ2n) is 9.81. The Labute approximate surface area is 272 Å². The van der Waals surface area contributed by atoms with E-state index < -0.39 is 6.67 Å². The summed E-state index contributed by atoms with van der Waals surface area (Å²) in [5.41, 5.74) is 0. The molecule has 0 aromatic heterocycles. The Morgan fingerprint density at radius 2 is 0.444 bits per heavy atom. The van der Waals surface area contributed by atoms with E-state index in [2.05, 4.69) is 6.92 Å². The summed E-state index contributed by atoms with van der Waals surface area (Å²) in [5.74, 6) is 0. The molecular weight excluding hydrogens is 595 g/mol. The maximum absolute atomic E-state index is 11.8. The van der Waals surface area contributed by atoms with Gasteiger partial charge in [0.1, 0.15) is 6.67 Å². The maximum Gasteiger partial charge on any atom is 0.113 e. The van der Waals surface area contributed by atoms with Crippen LogP contribution < -0.4 is 0 Å². The Morgan fingerprint density at radius 1 is 0.244 bits per heavy atom. The molecule has 0 aliphatic carbocycles. The monoisotopic (exact) mass is 660 g/mol. The molecule has 13 heteroatoms. The summed E-state index contributed by atoms with van der Waals surface area (Å²) in [7, 11) is 0. The van der Waals surface area contributed by atoms with Gasteiger partial charge in [0, 0.05) is 6.61 Å². The molecule has 0 aromatic carbocycles. The SMILES string of the molecule is CCCCCCCCOCCOCCOCCOCCOCCOCCOCCOCCOCCOCCOCCOCCF. The van der Waals surface area contributed by atoms with Gasteiger partial charge in [0.2, 0.25) is 0 Å². The molecule has 0 aliphatic rings. The fraction of sp³-hybridized carbons (Fsp3) is 1.00. The van der Waals surface area contributed by atoms with Crippen molar-refractivity contribution in [2.45, 2.75) is 45.4 Å². The van der Waals surface area contributed by atoms with Gasteiger partial charge >= 0.3 is 0 Å². The normalized spacial score (nSPS) is 11.6. The van der Waals surface area contributed by atoms with Crippen LogP contribution in [0, 0.1) is 0 Å². The van der Waals surface area contributed by atoms with E-state index in [0.29, 0.717) is 145 Å². The molecule has 0 rings (SSSR count). The van der Waals surface area contributed by atoms with Gasteiger partial charge in [-0.05, 0) is 6.42 Å². The van der Waals surface area contributed by atoms with Crippen molar-refractivity contribution in [1.82, 2.24) is 0 Å². The van der Waals surface area contributed by atoms with Crippen molar-refractivity contribution in [2.24, 2.45) is 0 Å². The van der Waals surface area contributed by atoms with Crippen molar-refractivity contribution in [3.05, 3.63) is 0 Å². The van der Waals surface area contributed by atoms with Crippen LogP contribution in [0.5, 0.6) is 0 Å².